The van der Waals surface area contributed by atoms with Crippen molar-refractivity contribution >= 4 is 0 Å². The summed E-state index contributed by atoms with van der Waals surface area (Å²) in [4.78, 5) is 10.4. The van der Waals surface area contributed by atoms with E-state index >= 15 is 0 Å². The Hall–Kier alpha value is -7.16. The van der Waals surface area contributed by atoms with Crippen molar-refractivity contribution in [2.45, 2.75) is 19.3 Å². The highest BCUT2D eigenvalue weighted by molar-refractivity contribution is 5.89. The molecule has 1 aliphatic carbocycles. The number of rotatable bonds is 7. The lowest BCUT2D eigenvalue weighted by Gasteiger charge is -2.24. The first-order valence-corrected chi connectivity index (χ1v) is 19.6. The van der Waals surface area contributed by atoms with Gasteiger partial charge in [-0.2, -0.15) is 0 Å². The largest absolute Gasteiger partial charge is 0.228 e. The van der Waals surface area contributed by atoms with Crippen LogP contribution in [-0.4, -0.2) is 9.97 Å². The van der Waals surface area contributed by atoms with Crippen molar-refractivity contribution in [1.29, 1.82) is 0 Å². The number of aromatic nitrogens is 2. The summed E-state index contributed by atoms with van der Waals surface area (Å²) in [7, 11) is 0. The quantitative estimate of drug-likeness (QED) is 0.163. The fourth-order valence-corrected chi connectivity index (χ4v) is 8.62. The van der Waals surface area contributed by atoms with Crippen LogP contribution < -0.4 is 0 Å². The van der Waals surface area contributed by atoms with Crippen molar-refractivity contribution in [3.05, 3.63) is 217 Å². The number of hydrogen-bond donors (Lipinski definition) is 0. The monoisotopic (exact) mass is 728 g/mol. The zero-order chi connectivity index (χ0) is 38.3. The normalized spacial score (nSPS) is 12.5. The van der Waals surface area contributed by atoms with E-state index in [2.05, 4.69) is 214 Å². The Morgan fingerprint density at radius 1 is 0.298 bits per heavy atom. The predicted octanol–water partition coefficient (Wildman–Crippen LogP) is 14.5. The fourth-order valence-electron chi connectivity index (χ4n) is 8.62. The maximum Gasteiger partial charge on any atom is 0.160 e. The van der Waals surface area contributed by atoms with Crippen LogP contribution in [0.2, 0.25) is 0 Å². The molecule has 0 saturated carbocycles. The summed E-state index contributed by atoms with van der Waals surface area (Å²) in [5.74, 6) is 0.694. The molecule has 0 saturated heterocycles. The molecule has 0 spiro atoms. The fraction of sp³-hybridized carbons (Fsp3) is 0.0545. The van der Waals surface area contributed by atoms with Gasteiger partial charge in [-0.3, -0.25) is 0 Å². The van der Waals surface area contributed by atoms with Crippen molar-refractivity contribution in [2.24, 2.45) is 0 Å². The first kappa shape index (κ1) is 34.3. The molecule has 0 N–H and O–H groups in total. The van der Waals surface area contributed by atoms with Gasteiger partial charge in [-0.05, 0) is 97.1 Å². The third-order valence-electron chi connectivity index (χ3n) is 11.5. The van der Waals surface area contributed by atoms with Gasteiger partial charge in [0, 0.05) is 22.1 Å². The summed E-state index contributed by atoms with van der Waals surface area (Å²) < 4.78 is 0. The van der Waals surface area contributed by atoms with Crippen LogP contribution in [0.5, 0.6) is 0 Å². The van der Waals surface area contributed by atoms with E-state index in [0.29, 0.717) is 5.82 Å². The molecule has 0 fully saturated rings. The SMILES string of the molecule is CC1(C)c2ccccc2-c2cccc(-c3cccc(-c4ccc(-c5nc(-c6ccccc6)cc(-c6cc(-c7ccccc7)cc(-c7ccccc7)c6)n5)cc4)c3)c21. The Morgan fingerprint density at radius 2 is 0.737 bits per heavy atom. The predicted molar refractivity (Wildman–Crippen MR) is 238 cm³/mol. The highest BCUT2D eigenvalue weighted by Gasteiger charge is 2.37. The number of hydrogen-bond acceptors (Lipinski definition) is 2. The molecule has 0 aliphatic heterocycles. The number of fused-ring (bicyclic) bond motifs is 3. The Kier molecular flexibility index (Phi) is 8.53. The molecular formula is C55H40N2. The van der Waals surface area contributed by atoms with E-state index in [9.17, 15) is 0 Å². The topological polar surface area (TPSA) is 25.8 Å². The molecule has 8 aromatic carbocycles. The summed E-state index contributed by atoms with van der Waals surface area (Å²) in [6, 6.07) is 73.7. The summed E-state index contributed by atoms with van der Waals surface area (Å²) in [5.41, 5.74) is 19.7. The van der Waals surface area contributed by atoms with Crippen LogP contribution in [0, 0.1) is 0 Å². The zero-order valence-electron chi connectivity index (χ0n) is 32.0. The molecular weight excluding hydrogens is 689 g/mol. The number of nitrogens with zero attached hydrogens (tertiary/aromatic N) is 2. The van der Waals surface area contributed by atoms with Gasteiger partial charge in [0.25, 0.3) is 0 Å². The van der Waals surface area contributed by atoms with Gasteiger partial charge in [-0.1, -0.05) is 190 Å². The summed E-state index contributed by atoms with van der Waals surface area (Å²) in [5, 5.41) is 0. The van der Waals surface area contributed by atoms with E-state index in [-0.39, 0.29) is 5.41 Å². The molecule has 0 bridgehead atoms. The minimum absolute atomic E-state index is 0.0840. The molecule has 2 nitrogen and oxygen atoms in total. The number of benzene rings is 8. The molecule has 1 heterocycles. The third kappa shape index (κ3) is 6.36. The van der Waals surface area contributed by atoms with Crippen LogP contribution in [0.25, 0.3) is 89.5 Å². The Morgan fingerprint density at radius 3 is 1.40 bits per heavy atom. The van der Waals surface area contributed by atoms with E-state index in [4.69, 9.17) is 9.97 Å². The third-order valence-corrected chi connectivity index (χ3v) is 11.5. The smallest absolute Gasteiger partial charge is 0.160 e. The van der Waals surface area contributed by atoms with Gasteiger partial charge in [0.15, 0.2) is 5.82 Å². The van der Waals surface area contributed by atoms with E-state index in [1.165, 1.54) is 50.1 Å². The summed E-state index contributed by atoms with van der Waals surface area (Å²) >= 11 is 0. The Bertz CT molecular complexity index is 2840. The van der Waals surface area contributed by atoms with E-state index in [0.717, 1.165) is 44.8 Å². The van der Waals surface area contributed by atoms with Crippen LogP contribution in [-0.2, 0) is 5.41 Å². The van der Waals surface area contributed by atoms with Gasteiger partial charge in [-0.25, -0.2) is 9.97 Å². The molecule has 1 aliphatic rings. The average molecular weight is 729 g/mol. The maximum absolute atomic E-state index is 5.28. The van der Waals surface area contributed by atoms with Crippen molar-refractivity contribution < 1.29 is 0 Å². The molecule has 57 heavy (non-hydrogen) atoms. The van der Waals surface area contributed by atoms with Gasteiger partial charge in [0.05, 0.1) is 11.4 Å². The molecule has 1 aromatic heterocycles. The van der Waals surface area contributed by atoms with E-state index < -0.39 is 0 Å². The summed E-state index contributed by atoms with van der Waals surface area (Å²) in [6.45, 7) is 4.71. The van der Waals surface area contributed by atoms with E-state index in [1.54, 1.807) is 0 Å². The van der Waals surface area contributed by atoms with Crippen LogP contribution in [0.4, 0.5) is 0 Å². The zero-order valence-corrected chi connectivity index (χ0v) is 32.0. The van der Waals surface area contributed by atoms with Crippen molar-refractivity contribution in [3.8, 4) is 89.5 Å². The molecule has 2 heteroatoms. The molecule has 270 valence electrons. The highest BCUT2D eigenvalue weighted by Crippen LogP contribution is 2.52. The van der Waals surface area contributed by atoms with Gasteiger partial charge in [0.1, 0.15) is 0 Å². The second-order valence-corrected chi connectivity index (χ2v) is 15.4. The van der Waals surface area contributed by atoms with E-state index in [1.807, 2.05) is 6.07 Å². The van der Waals surface area contributed by atoms with Crippen molar-refractivity contribution in [1.82, 2.24) is 9.97 Å². The van der Waals surface area contributed by atoms with Gasteiger partial charge in [0.2, 0.25) is 0 Å². The molecule has 10 rings (SSSR count). The first-order valence-electron chi connectivity index (χ1n) is 19.6. The lowest BCUT2D eigenvalue weighted by atomic mass is 9.78. The minimum atomic E-state index is -0.0840. The highest BCUT2D eigenvalue weighted by atomic mass is 14.9. The standard InChI is InChI=1S/C55H40N2/c1-55(2)50-27-13-12-24-48(50)49-26-15-25-47(53(49)55)43-23-14-22-42(32-43)39-28-30-41(31-29-39)54-56-51(40-20-10-5-11-21-40)36-52(57-54)46-34-44(37-16-6-3-7-17-37)33-45(35-46)38-18-8-4-9-19-38/h3-36H,1-2H3. The molecule has 0 atom stereocenters. The van der Waals surface area contributed by atoms with Crippen LogP contribution in [0.3, 0.4) is 0 Å². The molecule has 0 radical (unpaired) electrons. The first-order chi connectivity index (χ1) is 28.0. The van der Waals surface area contributed by atoms with Crippen LogP contribution >= 0.6 is 0 Å². The minimum Gasteiger partial charge on any atom is -0.228 e. The van der Waals surface area contributed by atoms with Crippen molar-refractivity contribution in [2.75, 3.05) is 0 Å². The lowest BCUT2D eigenvalue weighted by molar-refractivity contribution is 0.662. The second-order valence-electron chi connectivity index (χ2n) is 15.4. The maximum atomic E-state index is 5.28. The molecule has 0 amide bonds. The lowest BCUT2D eigenvalue weighted by Crippen LogP contribution is -2.16. The van der Waals surface area contributed by atoms with Gasteiger partial charge < -0.3 is 0 Å². The molecule has 0 unspecified atom stereocenters. The van der Waals surface area contributed by atoms with Crippen LogP contribution in [0.1, 0.15) is 25.0 Å². The van der Waals surface area contributed by atoms with Crippen LogP contribution in [0.15, 0.2) is 206 Å². The van der Waals surface area contributed by atoms with Gasteiger partial charge >= 0.3 is 0 Å². The Balaban J connectivity index is 1.05. The average Bonchev–Trinajstić information content (AvgIpc) is 3.53. The van der Waals surface area contributed by atoms with Gasteiger partial charge in [-0.15, -0.1) is 0 Å². The van der Waals surface area contributed by atoms with Crippen molar-refractivity contribution in [3.63, 3.8) is 0 Å². The molecule has 9 aromatic rings. The second kappa shape index (κ2) is 14.2. The summed E-state index contributed by atoms with van der Waals surface area (Å²) in [6.07, 6.45) is 0. The Labute approximate surface area is 334 Å².